The van der Waals surface area contributed by atoms with E-state index in [1.54, 1.807) is 0 Å². The summed E-state index contributed by atoms with van der Waals surface area (Å²) in [5, 5.41) is 0. The predicted octanol–water partition coefficient (Wildman–Crippen LogP) is 5.23. The molecule has 0 atom stereocenters. The summed E-state index contributed by atoms with van der Waals surface area (Å²) in [6, 6.07) is 0. The average Bonchev–Trinajstić information content (AvgIpc) is 2.24. The highest BCUT2D eigenvalue weighted by Crippen LogP contribution is 2.04. The van der Waals surface area contributed by atoms with E-state index >= 15 is 0 Å². The van der Waals surface area contributed by atoms with E-state index < -0.39 is 0 Å². The summed E-state index contributed by atoms with van der Waals surface area (Å²) in [4.78, 5) is 10.8. The molecule has 1 nitrogen and oxygen atoms in total. The number of ketones is 1. The smallest absolute Gasteiger partial charge is 0.137 e. The number of hydrogen-bond acceptors (Lipinski definition) is 1. The fourth-order valence-electron chi connectivity index (χ4n) is 1.52. The fourth-order valence-corrected chi connectivity index (χ4v) is 1.52. The first-order valence-electron chi connectivity index (χ1n) is 7.01. The van der Waals surface area contributed by atoms with E-state index in [1.807, 2.05) is 27.7 Å². The van der Waals surface area contributed by atoms with E-state index in [4.69, 9.17) is 0 Å². The van der Waals surface area contributed by atoms with Crippen LogP contribution in [0, 0.1) is 11.8 Å². The van der Waals surface area contributed by atoms with Crippen LogP contribution in [-0.4, -0.2) is 5.78 Å². The van der Waals surface area contributed by atoms with Crippen molar-refractivity contribution >= 4 is 5.78 Å². The van der Waals surface area contributed by atoms with E-state index in [-0.39, 0.29) is 11.8 Å². The molecule has 1 heteroatoms. The fraction of sp³-hybridized carbons (Fsp3) is 0.933. The van der Waals surface area contributed by atoms with Gasteiger partial charge in [-0.05, 0) is 0 Å². The second-order valence-corrected chi connectivity index (χ2v) is 5.13. The summed E-state index contributed by atoms with van der Waals surface area (Å²) in [6.45, 7) is 12.2. The molecule has 0 aromatic carbocycles. The second-order valence-electron chi connectivity index (χ2n) is 5.13. The number of hydrogen-bond donors (Lipinski definition) is 0. The molecular weight excluding hydrogens is 196 g/mol. The Kier molecular flexibility index (Phi) is 14.4. The van der Waals surface area contributed by atoms with Crippen molar-refractivity contribution < 1.29 is 4.79 Å². The van der Waals surface area contributed by atoms with Crippen LogP contribution in [0.5, 0.6) is 0 Å². The number of unbranched alkanes of at least 4 members (excludes halogenated alkanes) is 5. The normalized spacial score (nSPS) is 10.2. The number of Topliss-reactive ketones (excluding diaryl/α,β-unsaturated/α-hetero) is 1. The predicted molar refractivity (Wildman–Crippen MR) is 73.7 cm³/mol. The molecule has 0 aliphatic carbocycles. The van der Waals surface area contributed by atoms with Gasteiger partial charge < -0.3 is 0 Å². The molecule has 0 saturated carbocycles. The highest BCUT2D eigenvalue weighted by Gasteiger charge is 2.09. The van der Waals surface area contributed by atoms with Crippen molar-refractivity contribution in [2.75, 3.05) is 0 Å². The van der Waals surface area contributed by atoms with Crippen LogP contribution < -0.4 is 0 Å². The molecule has 0 radical (unpaired) electrons. The summed E-state index contributed by atoms with van der Waals surface area (Å²) in [7, 11) is 0. The lowest BCUT2D eigenvalue weighted by Crippen LogP contribution is -2.13. The van der Waals surface area contributed by atoms with E-state index in [0.29, 0.717) is 5.78 Å². The first-order valence-corrected chi connectivity index (χ1v) is 7.01. The monoisotopic (exact) mass is 228 g/mol. The summed E-state index contributed by atoms with van der Waals surface area (Å²) in [5.74, 6) is 0.759. The molecule has 0 spiro atoms. The van der Waals surface area contributed by atoms with Crippen LogP contribution in [-0.2, 0) is 4.79 Å². The Balaban J connectivity index is 0. The molecule has 0 aromatic heterocycles. The molecule has 0 rings (SSSR count). The zero-order chi connectivity index (χ0) is 13.0. The first-order chi connectivity index (χ1) is 7.47. The molecule has 0 amide bonds. The highest BCUT2D eigenvalue weighted by atomic mass is 16.1. The zero-order valence-corrected chi connectivity index (χ0v) is 12.3. The maximum Gasteiger partial charge on any atom is 0.137 e. The molecule has 0 aliphatic heterocycles. The Morgan fingerprint density at radius 3 is 1.19 bits per heavy atom. The van der Waals surface area contributed by atoms with Gasteiger partial charge in [0.2, 0.25) is 0 Å². The number of rotatable bonds is 7. The Morgan fingerprint density at radius 1 is 0.750 bits per heavy atom. The minimum Gasteiger partial charge on any atom is -0.299 e. The molecule has 0 bridgehead atoms. The SMILES string of the molecule is CC(C)C(=O)C(C)C.CCCCCCCC. The van der Waals surface area contributed by atoms with Gasteiger partial charge in [-0.2, -0.15) is 0 Å². The Hall–Kier alpha value is -0.330. The Morgan fingerprint density at radius 2 is 1.06 bits per heavy atom. The lowest BCUT2D eigenvalue weighted by Gasteiger charge is -2.05. The third-order valence-corrected chi connectivity index (χ3v) is 2.60. The van der Waals surface area contributed by atoms with Gasteiger partial charge in [-0.25, -0.2) is 0 Å². The third-order valence-electron chi connectivity index (χ3n) is 2.60. The van der Waals surface area contributed by atoms with Gasteiger partial charge in [-0.15, -0.1) is 0 Å². The largest absolute Gasteiger partial charge is 0.299 e. The minimum atomic E-state index is 0.204. The van der Waals surface area contributed by atoms with Crippen molar-refractivity contribution in [1.82, 2.24) is 0 Å². The molecule has 0 aromatic rings. The molecule has 0 fully saturated rings. The summed E-state index contributed by atoms with van der Waals surface area (Å²) in [5.41, 5.74) is 0. The summed E-state index contributed by atoms with van der Waals surface area (Å²) in [6.07, 6.45) is 8.49. The van der Waals surface area contributed by atoms with Gasteiger partial charge in [0.1, 0.15) is 5.78 Å². The molecule has 16 heavy (non-hydrogen) atoms. The van der Waals surface area contributed by atoms with Crippen molar-refractivity contribution in [3.05, 3.63) is 0 Å². The standard InChI is InChI=1S/C8H18.C7H14O/c1-3-5-7-8-6-4-2;1-5(2)7(8)6(3)4/h3-8H2,1-2H3;5-6H,1-4H3. The first kappa shape index (κ1) is 18.0. The third kappa shape index (κ3) is 13.7. The highest BCUT2D eigenvalue weighted by molar-refractivity contribution is 5.81. The van der Waals surface area contributed by atoms with Gasteiger partial charge in [0, 0.05) is 11.8 Å². The van der Waals surface area contributed by atoms with Crippen LogP contribution >= 0.6 is 0 Å². The van der Waals surface area contributed by atoms with E-state index in [2.05, 4.69) is 13.8 Å². The molecule has 0 unspecified atom stereocenters. The van der Waals surface area contributed by atoms with Crippen molar-refractivity contribution in [2.24, 2.45) is 11.8 Å². The second kappa shape index (κ2) is 12.7. The van der Waals surface area contributed by atoms with Crippen molar-refractivity contribution in [3.63, 3.8) is 0 Å². The van der Waals surface area contributed by atoms with Gasteiger partial charge in [-0.1, -0.05) is 80.1 Å². The lowest BCUT2D eigenvalue weighted by molar-refractivity contribution is -0.124. The van der Waals surface area contributed by atoms with Crippen LogP contribution in [0.15, 0.2) is 0 Å². The summed E-state index contributed by atoms with van der Waals surface area (Å²) >= 11 is 0. The molecule has 0 heterocycles. The lowest BCUT2D eigenvalue weighted by atomic mass is 9.99. The van der Waals surface area contributed by atoms with Gasteiger partial charge in [-0.3, -0.25) is 4.79 Å². The molecule has 0 N–H and O–H groups in total. The van der Waals surface area contributed by atoms with Crippen LogP contribution in [0.3, 0.4) is 0 Å². The maximum atomic E-state index is 10.8. The van der Waals surface area contributed by atoms with E-state index in [1.165, 1.54) is 38.5 Å². The van der Waals surface area contributed by atoms with Crippen LogP contribution in [0.2, 0.25) is 0 Å². The Bertz CT molecular complexity index is 132. The number of carbonyl (C=O) groups is 1. The van der Waals surface area contributed by atoms with Crippen LogP contribution in [0.1, 0.15) is 80.1 Å². The van der Waals surface area contributed by atoms with Crippen molar-refractivity contribution in [1.29, 1.82) is 0 Å². The minimum absolute atomic E-state index is 0.204. The van der Waals surface area contributed by atoms with E-state index in [0.717, 1.165) is 0 Å². The molecule has 98 valence electrons. The summed E-state index contributed by atoms with van der Waals surface area (Å²) < 4.78 is 0. The van der Waals surface area contributed by atoms with Gasteiger partial charge in [0.05, 0.1) is 0 Å². The van der Waals surface area contributed by atoms with Gasteiger partial charge >= 0.3 is 0 Å². The van der Waals surface area contributed by atoms with Crippen LogP contribution in [0.4, 0.5) is 0 Å². The quantitative estimate of drug-likeness (QED) is 0.545. The van der Waals surface area contributed by atoms with Crippen molar-refractivity contribution in [2.45, 2.75) is 80.1 Å². The molecular formula is C15H32O. The molecule has 0 aliphatic rings. The Labute approximate surface area is 103 Å². The van der Waals surface area contributed by atoms with Gasteiger partial charge in [0.25, 0.3) is 0 Å². The van der Waals surface area contributed by atoms with Gasteiger partial charge in [0.15, 0.2) is 0 Å². The van der Waals surface area contributed by atoms with Crippen molar-refractivity contribution in [3.8, 4) is 0 Å². The topological polar surface area (TPSA) is 17.1 Å². The number of carbonyl (C=O) groups excluding carboxylic acids is 1. The maximum absolute atomic E-state index is 10.8. The van der Waals surface area contributed by atoms with E-state index in [9.17, 15) is 4.79 Å². The average molecular weight is 228 g/mol. The van der Waals surface area contributed by atoms with Crippen LogP contribution in [0.25, 0.3) is 0 Å². The zero-order valence-electron chi connectivity index (χ0n) is 12.3. The molecule has 0 saturated heterocycles.